The SMILES string of the molecule is C[Si](Cl)(Cl)c1cccc2ccccc12. The first-order valence-electron chi connectivity index (χ1n) is 4.45. The van der Waals surface area contributed by atoms with Gasteiger partial charge in [0.15, 0.2) is 0 Å². The highest BCUT2D eigenvalue weighted by Gasteiger charge is 2.25. The molecule has 2 rings (SSSR count). The van der Waals surface area contributed by atoms with E-state index in [1.165, 1.54) is 10.8 Å². The van der Waals surface area contributed by atoms with Crippen LogP contribution in [0.4, 0.5) is 0 Å². The van der Waals surface area contributed by atoms with E-state index in [0.717, 1.165) is 5.19 Å². The van der Waals surface area contributed by atoms with Crippen LogP contribution < -0.4 is 5.19 Å². The summed E-state index contributed by atoms with van der Waals surface area (Å²) in [5.74, 6) is 0. The van der Waals surface area contributed by atoms with E-state index in [4.69, 9.17) is 22.2 Å². The third-order valence-corrected chi connectivity index (χ3v) is 4.87. The Kier molecular flexibility index (Phi) is 2.56. The molecular weight excluding hydrogens is 231 g/mol. The molecule has 0 saturated carbocycles. The number of hydrogen-bond donors (Lipinski definition) is 0. The predicted octanol–water partition coefficient (Wildman–Crippen LogP) is 3.60. The van der Waals surface area contributed by atoms with E-state index in [1.807, 2.05) is 30.8 Å². The molecule has 0 nitrogen and oxygen atoms in total. The minimum absolute atomic E-state index is 1.10. The topological polar surface area (TPSA) is 0 Å². The summed E-state index contributed by atoms with van der Waals surface area (Å²) in [6.45, 7) is -0.325. The summed E-state index contributed by atoms with van der Waals surface area (Å²) in [7, 11) is 0. The molecule has 0 fully saturated rings. The summed E-state index contributed by atoms with van der Waals surface area (Å²) >= 11 is 12.5. The van der Waals surface area contributed by atoms with E-state index in [1.54, 1.807) is 0 Å². The lowest BCUT2D eigenvalue weighted by Gasteiger charge is -2.13. The van der Waals surface area contributed by atoms with Crippen molar-refractivity contribution in [1.82, 2.24) is 0 Å². The first-order valence-corrected chi connectivity index (χ1v) is 8.97. The molecule has 2 aromatic rings. The van der Waals surface area contributed by atoms with Gasteiger partial charge in [-0.25, -0.2) is 0 Å². The molecule has 0 heterocycles. The van der Waals surface area contributed by atoms with Crippen LogP contribution in [0.1, 0.15) is 0 Å². The quantitative estimate of drug-likeness (QED) is 0.528. The van der Waals surface area contributed by atoms with Crippen LogP contribution in [-0.4, -0.2) is 6.69 Å². The zero-order valence-corrected chi connectivity index (χ0v) is 10.3. The largest absolute Gasteiger partial charge is 0.278 e. The highest BCUT2D eigenvalue weighted by Crippen LogP contribution is 2.20. The van der Waals surface area contributed by atoms with E-state index < -0.39 is 6.69 Å². The standard InChI is InChI=1S/C11H10Cl2Si/c1-14(12,13)11-8-4-6-9-5-2-3-7-10(9)11/h2-8H,1H3. The Morgan fingerprint density at radius 2 is 1.57 bits per heavy atom. The summed E-state index contributed by atoms with van der Waals surface area (Å²) in [6.07, 6.45) is 0. The van der Waals surface area contributed by atoms with Gasteiger partial charge >= 0.3 is 0 Å². The van der Waals surface area contributed by atoms with Crippen molar-refractivity contribution in [3.05, 3.63) is 42.5 Å². The van der Waals surface area contributed by atoms with Gasteiger partial charge in [0.25, 0.3) is 6.69 Å². The molecule has 72 valence electrons. The lowest BCUT2D eigenvalue weighted by atomic mass is 10.1. The molecule has 0 radical (unpaired) electrons. The average Bonchev–Trinajstić information content (AvgIpc) is 2.15. The molecule has 2 aromatic carbocycles. The predicted molar refractivity (Wildman–Crippen MR) is 66.9 cm³/mol. The number of benzene rings is 2. The summed E-state index contributed by atoms with van der Waals surface area (Å²) in [5.41, 5.74) is 0. The first kappa shape index (κ1) is 10.0. The van der Waals surface area contributed by atoms with Crippen molar-refractivity contribution in [3.8, 4) is 0 Å². The van der Waals surface area contributed by atoms with Crippen LogP contribution in [0.5, 0.6) is 0 Å². The molecule has 0 N–H and O–H groups in total. The van der Waals surface area contributed by atoms with Crippen molar-refractivity contribution >= 4 is 44.8 Å². The molecule has 0 aliphatic carbocycles. The van der Waals surface area contributed by atoms with Gasteiger partial charge in [-0.2, -0.15) is 0 Å². The zero-order valence-electron chi connectivity index (χ0n) is 7.80. The van der Waals surface area contributed by atoms with Crippen LogP contribution in [-0.2, 0) is 0 Å². The van der Waals surface area contributed by atoms with Crippen molar-refractivity contribution in [2.75, 3.05) is 0 Å². The first-order chi connectivity index (χ1) is 6.59. The summed E-state index contributed by atoms with van der Waals surface area (Å²) in [5, 5.41) is 3.47. The third kappa shape index (κ3) is 1.80. The molecule has 0 spiro atoms. The molecule has 3 heteroatoms. The second-order valence-corrected chi connectivity index (χ2v) is 10.8. The van der Waals surface area contributed by atoms with Crippen molar-refractivity contribution in [2.24, 2.45) is 0 Å². The molecule has 0 aromatic heterocycles. The Bertz CT molecular complexity index is 455. The second kappa shape index (κ2) is 3.57. The Labute approximate surface area is 93.9 Å². The van der Waals surface area contributed by atoms with E-state index in [-0.39, 0.29) is 0 Å². The van der Waals surface area contributed by atoms with E-state index >= 15 is 0 Å². The maximum atomic E-state index is 6.24. The Morgan fingerprint density at radius 3 is 2.29 bits per heavy atom. The van der Waals surface area contributed by atoms with E-state index in [0.29, 0.717) is 0 Å². The molecule has 0 aliphatic heterocycles. The van der Waals surface area contributed by atoms with E-state index in [2.05, 4.69) is 18.2 Å². The van der Waals surface area contributed by atoms with Crippen LogP contribution in [0.15, 0.2) is 42.5 Å². The van der Waals surface area contributed by atoms with Crippen LogP contribution in [0.2, 0.25) is 6.55 Å². The average molecular weight is 241 g/mol. The van der Waals surface area contributed by atoms with Crippen molar-refractivity contribution < 1.29 is 0 Å². The van der Waals surface area contributed by atoms with Gasteiger partial charge in [-0.15, -0.1) is 22.2 Å². The van der Waals surface area contributed by atoms with Gasteiger partial charge in [0.05, 0.1) is 0 Å². The van der Waals surface area contributed by atoms with Gasteiger partial charge in [-0.1, -0.05) is 42.5 Å². The smallest absolute Gasteiger partial charge is 0.140 e. The Balaban J connectivity index is 2.78. The summed E-state index contributed by atoms with van der Waals surface area (Å²) in [4.78, 5) is 0. The fourth-order valence-corrected chi connectivity index (χ4v) is 3.69. The number of halogens is 2. The van der Waals surface area contributed by atoms with Gasteiger partial charge < -0.3 is 0 Å². The van der Waals surface area contributed by atoms with Crippen LogP contribution in [0.3, 0.4) is 0 Å². The maximum Gasteiger partial charge on any atom is 0.278 e. The van der Waals surface area contributed by atoms with Gasteiger partial charge in [-0.3, -0.25) is 0 Å². The van der Waals surface area contributed by atoms with Crippen molar-refractivity contribution in [3.63, 3.8) is 0 Å². The van der Waals surface area contributed by atoms with Crippen molar-refractivity contribution in [1.29, 1.82) is 0 Å². The maximum absolute atomic E-state index is 6.24. The fraction of sp³-hybridized carbons (Fsp3) is 0.0909. The minimum Gasteiger partial charge on any atom is -0.140 e. The van der Waals surface area contributed by atoms with Crippen LogP contribution in [0, 0.1) is 0 Å². The number of fused-ring (bicyclic) bond motifs is 1. The number of hydrogen-bond acceptors (Lipinski definition) is 0. The lowest BCUT2D eigenvalue weighted by Crippen LogP contribution is -2.32. The highest BCUT2D eigenvalue weighted by molar-refractivity contribution is 7.50. The Hall–Kier alpha value is -0.503. The Morgan fingerprint density at radius 1 is 0.929 bits per heavy atom. The summed E-state index contributed by atoms with van der Waals surface area (Å²) < 4.78 is 0. The fourth-order valence-electron chi connectivity index (χ4n) is 1.61. The third-order valence-electron chi connectivity index (χ3n) is 2.26. The van der Waals surface area contributed by atoms with E-state index in [9.17, 15) is 0 Å². The van der Waals surface area contributed by atoms with Crippen LogP contribution >= 0.6 is 22.2 Å². The van der Waals surface area contributed by atoms with Gasteiger partial charge in [0.2, 0.25) is 0 Å². The lowest BCUT2D eigenvalue weighted by molar-refractivity contribution is 1.77. The van der Waals surface area contributed by atoms with Crippen LogP contribution in [0.25, 0.3) is 10.8 Å². The van der Waals surface area contributed by atoms with Gasteiger partial charge in [-0.05, 0) is 22.5 Å². The minimum atomic E-state index is -2.25. The van der Waals surface area contributed by atoms with Gasteiger partial charge in [0.1, 0.15) is 0 Å². The monoisotopic (exact) mass is 240 g/mol. The molecular formula is C11H10Cl2Si. The van der Waals surface area contributed by atoms with Gasteiger partial charge in [0, 0.05) is 0 Å². The molecule has 14 heavy (non-hydrogen) atoms. The second-order valence-electron chi connectivity index (χ2n) is 3.42. The number of rotatable bonds is 1. The summed E-state index contributed by atoms with van der Waals surface area (Å²) in [6, 6.07) is 14.3. The zero-order chi connectivity index (χ0) is 10.2. The van der Waals surface area contributed by atoms with Crippen molar-refractivity contribution in [2.45, 2.75) is 6.55 Å². The molecule has 0 unspecified atom stereocenters. The molecule has 0 bridgehead atoms. The molecule has 0 amide bonds. The molecule has 0 aliphatic rings. The molecule has 0 atom stereocenters. The molecule has 0 saturated heterocycles. The normalized spacial score (nSPS) is 11.9. The highest BCUT2D eigenvalue weighted by atomic mass is 35.7.